The second kappa shape index (κ2) is 14.1. The summed E-state index contributed by atoms with van der Waals surface area (Å²) in [5.74, 6) is 1.95. The molecule has 0 aliphatic carbocycles. The van der Waals surface area contributed by atoms with Gasteiger partial charge in [-0.1, -0.05) is 182 Å². The van der Waals surface area contributed by atoms with Crippen LogP contribution in [0.1, 0.15) is 11.4 Å². The Labute approximate surface area is 335 Å². The minimum Gasteiger partial charge on any atom is -0.455 e. The lowest BCUT2D eigenvalue weighted by Gasteiger charge is -2.12. The van der Waals surface area contributed by atoms with Gasteiger partial charge in [0.2, 0.25) is 0 Å². The van der Waals surface area contributed by atoms with E-state index in [1.165, 1.54) is 27.5 Å². The van der Waals surface area contributed by atoms with E-state index in [0.29, 0.717) is 23.9 Å². The molecule has 4 heteroatoms. The first-order valence-electron chi connectivity index (χ1n) is 19.6. The van der Waals surface area contributed by atoms with Gasteiger partial charge in [-0.2, -0.15) is 0 Å². The molecule has 0 saturated carbocycles. The van der Waals surface area contributed by atoms with E-state index < -0.39 is 0 Å². The Balaban J connectivity index is 1.10. The molecular formula is C54H35N3O. The molecule has 272 valence electrons. The fourth-order valence-corrected chi connectivity index (χ4v) is 8.37. The topological polar surface area (TPSA) is 51.8 Å². The number of benzene rings is 9. The summed E-state index contributed by atoms with van der Waals surface area (Å²) in [6.45, 7) is 0. The summed E-state index contributed by atoms with van der Waals surface area (Å²) in [5.41, 5.74) is 11.4. The molecule has 0 fully saturated rings. The molecule has 9 aromatic carbocycles. The minimum atomic E-state index is 0.551. The maximum Gasteiger partial charge on any atom is 0.164 e. The van der Waals surface area contributed by atoms with Crippen LogP contribution in [0.25, 0.3) is 99.6 Å². The molecule has 11 aromatic rings. The van der Waals surface area contributed by atoms with E-state index in [-0.39, 0.29) is 0 Å². The van der Waals surface area contributed by atoms with Gasteiger partial charge in [0.1, 0.15) is 17.0 Å². The summed E-state index contributed by atoms with van der Waals surface area (Å²) in [7, 11) is 0. The molecule has 0 aliphatic rings. The molecule has 0 radical (unpaired) electrons. The SMILES string of the molecule is c1ccc(-c2cccc(Cc3nc(-c4ccccc4)nc(-c4ccc(-c5ccc(-c6cccc7ccccc67)cc5)c5oc6ccc7ccccc7c6c45)n3)c2)cc1. The number of nitrogens with zero attached hydrogens (tertiary/aromatic N) is 3. The van der Waals surface area contributed by atoms with Crippen molar-refractivity contribution in [2.24, 2.45) is 0 Å². The summed E-state index contributed by atoms with van der Waals surface area (Å²) in [6.07, 6.45) is 0.551. The lowest BCUT2D eigenvalue weighted by atomic mass is 9.94. The first-order valence-corrected chi connectivity index (χ1v) is 19.6. The second-order valence-corrected chi connectivity index (χ2v) is 14.7. The quantitative estimate of drug-likeness (QED) is 0.163. The van der Waals surface area contributed by atoms with Crippen LogP contribution in [0.2, 0.25) is 0 Å². The predicted molar refractivity (Wildman–Crippen MR) is 239 cm³/mol. The van der Waals surface area contributed by atoms with Gasteiger partial charge < -0.3 is 4.42 Å². The van der Waals surface area contributed by atoms with E-state index in [2.05, 4.69) is 176 Å². The Morgan fingerprint density at radius 1 is 0.362 bits per heavy atom. The van der Waals surface area contributed by atoms with Crippen LogP contribution >= 0.6 is 0 Å². The average molecular weight is 742 g/mol. The van der Waals surface area contributed by atoms with Crippen LogP contribution in [0, 0.1) is 0 Å². The van der Waals surface area contributed by atoms with Crippen LogP contribution < -0.4 is 0 Å². The summed E-state index contributed by atoms with van der Waals surface area (Å²) in [5, 5.41) is 6.78. The van der Waals surface area contributed by atoms with Crippen LogP contribution in [0.5, 0.6) is 0 Å². The zero-order chi connectivity index (χ0) is 38.4. The van der Waals surface area contributed by atoms with E-state index in [1.54, 1.807) is 0 Å². The monoisotopic (exact) mass is 741 g/mol. The Morgan fingerprint density at radius 2 is 0.966 bits per heavy atom. The fourth-order valence-electron chi connectivity index (χ4n) is 8.37. The first kappa shape index (κ1) is 33.6. The molecule has 58 heavy (non-hydrogen) atoms. The zero-order valence-corrected chi connectivity index (χ0v) is 31.5. The largest absolute Gasteiger partial charge is 0.455 e. The Morgan fingerprint density at radius 3 is 1.76 bits per heavy atom. The van der Waals surface area contributed by atoms with E-state index >= 15 is 0 Å². The van der Waals surface area contributed by atoms with Crippen molar-refractivity contribution in [3.8, 4) is 56.2 Å². The van der Waals surface area contributed by atoms with Crippen LogP contribution in [-0.4, -0.2) is 15.0 Å². The highest BCUT2D eigenvalue weighted by atomic mass is 16.3. The fraction of sp³-hybridized carbons (Fsp3) is 0.0185. The number of furan rings is 1. The number of fused-ring (bicyclic) bond motifs is 6. The molecule has 0 unspecified atom stereocenters. The minimum absolute atomic E-state index is 0.551. The zero-order valence-electron chi connectivity index (χ0n) is 31.5. The lowest BCUT2D eigenvalue weighted by Crippen LogP contribution is -2.04. The molecule has 0 amide bonds. The molecule has 0 aliphatic heterocycles. The van der Waals surface area contributed by atoms with Gasteiger partial charge in [0, 0.05) is 33.9 Å². The number of hydrogen-bond acceptors (Lipinski definition) is 4. The molecule has 2 aromatic heterocycles. The predicted octanol–water partition coefficient (Wildman–Crippen LogP) is 14.0. The molecule has 11 rings (SSSR count). The van der Waals surface area contributed by atoms with Crippen molar-refractivity contribution in [1.82, 2.24) is 15.0 Å². The van der Waals surface area contributed by atoms with Gasteiger partial charge in [-0.3, -0.25) is 0 Å². The molecule has 4 nitrogen and oxygen atoms in total. The third kappa shape index (κ3) is 5.99. The lowest BCUT2D eigenvalue weighted by molar-refractivity contribution is 0.670. The number of rotatable bonds is 7. The van der Waals surface area contributed by atoms with Gasteiger partial charge in [0.25, 0.3) is 0 Å². The first-order chi connectivity index (χ1) is 28.7. The number of aromatic nitrogens is 3. The summed E-state index contributed by atoms with van der Waals surface area (Å²) in [6, 6.07) is 70.2. The highest BCUT2D eigenvalue weighted by Crippen LogP contribution is 2.44. The van der Waals surface area contributed by atoms with E-state index in [4.69, 9.17) is 19.4 Å². The van der Waals surface area contributed by atoms with Crippen molar-refractivity contribution in [2.45, 2.75) is 6.42 Å². The maximum atomic E-state index is 6.91. The Bertz CT molecular complexity index is 3290. The van der Waals surface area contributed by atoms with Gasteiger partial charge in [-0.15, -0.1) is 0 Å². The number of hydrogen-bond donors (Lipinski definition) is 0. The average Bonchev–Trinajstić information content (AvgIpc) is 3.70. The smallest absolute Gasteiger partial charge is 0.164 e. The molecule has 0 spiro atoms. The van der Waals surface area contributed by atoms with Gasteiger partial charge >= 0.3 is 0 Å². The third-order valence-corrected chi connectivity index (χ3v) is 11.2. The highest BCUT2D eigenvalue weighted by Gasteiger charge is 2.22. The second-order valence-electron chi connectivity index (χ2n) is 14.7. The highest BCUT2D eigenvalue weighted by molar-refractivity contribution is 6.24. The summed E-state index contributed by atoms with van der Waals surface area (Å²) >= 11 is 0. The molecule has 0 atom stereocenters. The Kier molecular flexibility index (Phi) is 8.18. The standard InChI is InChI=1S/C54H35N3O/c1-3-14-36(15-4-1)42-21-11-13-35(33-42)34-49-55-53(41-18-5-2-6-19-41)57-54(56-49)47-31-30-46(52-51(47)50-45-23-10-8-17-38(45)29-32-48(50)58-52)40-27-25-39(26-28-40)44-24-12-20-37-16-7-9-22-43(37)44/h1-33H,34H2. The molecule has 2 heterocycles. The normalized spacial score (nSPS) is 11.5. The van der Waals surface area contributed by atoms with Crippen molar-refractivity contribution >= 4 is 43.5 Å². The molecular weight excluding hydrogens is 707 g/mol. The van der Waals surface area contributed by atoms with Crippen molar-refractivity contribution in [3.63, 3.8) is 0 Å². The van der Waals surface area contributed by atoms with E-state index in [9.17, 15) is 0 Å². The third-order valence-electron chi connectivity index (χ3n) is 11.2. The summed E-state index contributed by atoms with van der Waals surface area (Å²) < 4.78 is 6.91. The van der Waals surface area contributed by atoms with Crippen molar-refractivity contribution < 1.29 is 4.42 Å². The van der Waals surface area contributed by atoms with Crippen LogP contribution in [0.3, 0.4) is 0 Å². The van der Waals surface area contributed by atoms with Crippen molar-refractivity contribution in [1.29, 1.82) is 0 Å². The Hall–Kier alpha value is -7.69. The summed E-state index contributed by atoms with van der Waals surface area (Å²) in [4.78, 5) is 15.5. The van der Waals surface area contributed by atoms with E-state index in [0.717, 1.165) is 66.1 Å². The van der Waals surface area contributed by atoms with Crippen LogP contribution in [0.4, 0.5) is 0 Å². The molecule has 0 bridgehead atoms. The van der Waals surface area contributed by atoms with Gasteiger partial charge in [0.05, 0.1) is 0 Å². The maximum absolute atomic E-state index is 6.91. The van der Waals surface area contributed by atoms with Gasteiger partial charge in [0.15, 0.2) is 11.6 Å². The van der Waals surface area contributed by atoms with Crippen LogP contribution in [0.15, 0.2) is 205 Å². The van der Waals surface area contributed by atoms with Crippen molar-refractivity contribution in [2.75, 3.05) is 0 Å². The molecule has 0 N–H and O–H groups in total. The van der Waals surface area contributed by atoms with Crippen molar-refractivity contribution in [3.05, 3.63) is 212 Å². The van der Waals surface area contributed by atoms with Gasteiger partial charge in [-0.05, 0) is 73.1 Å². The van der Waals surface area contributed by atoms with Crippen LogP contribution in [-0.2, 0) is 6.42 Å². The van der Waals surface area contributed by atoms with Gasteiger partial charge in [-0.25, -0.2) is 15.0 Å². The van der Waals surface area contributed by atoms with E-state index in [1.807, 2.05) is 24.3 Å². The molecule has 0 saturated heterocycles.